The lowest BCUT2D eigenvalue weighted by Crippen LogP contribution is -2.25. The van der Waals surface area contributed by atoms with Crippen molar-refractivity contribution in [3.05, 3.63) is 39.8 Å². The molecule has 19 heavy (non-hydrogen) atoms. The smallest absolute Gasteiger partial charge is 0.254 e. The van der Waals surface area contributed by atoms with E-state index in [9.17, 15) is 9.90 Å². The third kappa shape index (κ3) is 3.03. The van der Waals surface area contributed by atoms with Gasteiger partial charge in [-0.2, -0.15) is 0 Å². The molecule has 0 bridgehead atoms. The van der Waals surface area contributed by atoms with Gasteiger partial charge in [0, 0.05) is 23.7 Å². The molecule has 100 valence electrons. The summed E-state index contributed by atoms with van der Waals surface area (Å²) in [6.45, 7) is 2.42. The number of nitrogens with two attached hydrogens (primary N) is 1. The molecular weight excluding hydrogens is 262 g/mol. The first-order valence-electron chi connectivity index (χ1n) is 5.72. The van der Waals surface area contributed by atoms with Crippen molar-refractivity contribution < 1.29 is 9.90 Å². The van der Waals surface area contributed by atoms with Gasteiger partial charge >= 0.3 is 0 Å². The normalized spacial score (nSPS) is 10.4. The Kier molecular flexibility index (Phi) is 3.71. The summed E-state index contributed by atoms with van der Waals surface area (Å²) in [5, 5.41) is 10.5. The molecule has 0 aliphatic heterocycles. The van der Waals surface area contributed by atoms with Gasteiger partial charge in [0.05, 0.1) is 17.2 Å². The molecule has 0 aliphatic rings. The van der Waals surface area contributed by atoms with Crippen LogP contribution >= 0.6 is 11.3 Å². The number of carbonyl (C=O) groups is 1. The maximum Gasteiger partial charge on any atom is 0.254 e. The minimum Gasteiger partial charge on any atom is -0.506 e. The second-order valence-electron chi connectivity index (χ2n) is 4.28. The summed E-state index contributed by atoms with van der Waals surface area (Å²) in [6.07, 6.45) is 1.77. The molecule has 3 N–H and O–H groups in total. The predicted octanol–water partition coefficient (Wildman–Crippen LogP) is 2.01. The Labute approximate surface area is 115 Å². The van der Waals surface area contributed by atoms with Gasteiger partial charge in [0.25, 0.3) is 5.91 Å². The Bertz CT molecular complexity index is 610. The maximum atomic E-state index is 12.2. The molecule has 1 amide bonds. The largest absolute Gasteiger partial charge is 0.506 e. The Balaban J connectivity index is 2.12. The van der Waals surface area contributed by atoms with Crippen LogP contribution in [0.3, 0.4) is 0 Å². The van der Waals surface area contributed by atoms with Gasteiger partial charge in [0.15, 0.2) is 0 Å². The van der Waals surface area contributed by atoms with Gasteiger partial charge in [0.1, 0.15) is 5.75 Å². The summed E-state index contributed by atoms with van der Waals surface area (Å²) >= 11 is 1.56. The lowest BCUT2D eigenvalue weighted by atomic mass is 10.1. The van der Waals surface area contributed by atoms with E-state index in [-0.39, 0.29) is 17.3 Å². The monoisotopic (exact) mass is 277 g/mol. The summed E-state index contributed by atoms with van der Waals surface area (Å²) in [4.78, 5) is 18.9. The van der Waals surface area contributed by atoms with E-state index in [0.717, 1.165) is 9.88 Å². The van der Waals surface area contributed by atoms with Crippen LogP contribution in [0.4, 0.5) is 5.69 Å². The average Bonchev–Trinajstić information content (AvgIpc) is 2.77. The third-order valence-electron chi connectivity index (χ3n) is 2.69. The van der Waals surface area contributed by atoms with Crippen molar-refractivity contribution in [3.8, 4) is 5.75 Å². The van der Waals surface area contributed by atoms with Crippen molar-refractivity contribution in [2.75, 3.05) is 12.8 Å². The number of aromatic nitrogens is 1. The van der Waals surface area contributed by atoms with Gasteiger partial charge in [-0.15, -0.1) is 11.3 Å². The van der Waals surface area contributed by atoms with E-state index in [1.165, 1.54) is 12.1 Å². The molecule has 6 heteroatoms. The quantitative estimate of drug-likeness (QED) is 0.664. The highest BCUT2D eigenvalue weighted by Crippen LogP contribution is 2.22. The second-order valence-corrected chi connectivity index (χ2v) is 5.60. The van der Waals surface area contributed by atoms with Gasteiger partial charge in [-0.1, -0.05) is 0 Å². The summed E-state index contributed by atoms with van der Waals surface area (Å²) in [5.41, 5.74) is 6.18. The lowest BCUT2D eigenvalue weighted by Gasteiger charge is -2.16. The number of nitrogens with zero attached hydrogens (tertiary/aromatic N) is 2. The van der Waals surface area contributed by atoms with Crippen LogP contribution in [0.5, 0.6) is 5.75 Å². The minimum atomic E-state index is -0.165. The van der Waals surface area contributed by atoms with Crippen molar-refractivity contribution in [3.63, 3.8) is 0 Å². The van der Waals surface area contributed by atoms with Gasteiger partial charge in [-0.25, -0.2) is 4.98 Å². The van der Waals surface area contributed by atoms with E-state index in [2.05, 4.69) is 4.98 Å². The van der Waals surface area contributed by atoms with E-state index < -0.39 is 0 Å². The van der Waals surface area contributed by atoms with Gasteiger partial charge in [0.2, 0.25) is 0 Å². The van der Waals surface area contributed by atoms with Crippen molar-refractivity contribution in [2.24, 2.45) is 0 Å². The fourth-order valence-corrected chi connectivity index (χ4v) is 2.53. The molecule has 1 heterocycles. The molecule has 0 radical (unpaired) electrons. The molecule has 0 aliphatic carbocycles. The Morgan fingerprint density at radius 2 is 2.26 bits per heavy atom. The molecule has 0 fully saturated rings. The molecule has 2 aromatic rings. The third-order valence-corrected chi connectivity index (χ3v) is 3.58. The number of anilines is 1. The van der Waals surface area contributed by atoms with Gasteiger partial charge in [-0.05, 0) is 25.1 Å². The van der Waals surface area contributed by atoms with Crippen LogP contribution in [0.2, 0.25) is 0 Å². The topological polar surface area (TPSA) is 79.5 Å². The first kappa shape index (κ1) is 13.4. The van der Waals surface area contributed by atoms with E-state index in [1.54, 1.807) is 35.5 Å². The second kappa shape index (κ2) is 5.27. The van der Waals surface area contributed by atoms with Crippen LogP contribution in [0, 0.1) is 6.92 Å². The highest BCUT2D eigenvalue weighted by atomic mass is 32.1. The van der Waals surface area contributed by atoms with Gasteiger partial charge < -0.3 is 15.7 Å². The number of phenols is 1. The molecule has 0 atom stereocenters. The Morgan fingerprint density at radius 1 is 1.53 bits per heavy atom. The zero-order valence-electron chi connectivity index (χ0n) is 10.8. The molecule has 0 saturated carbocycles. The number of phenolic OH excluding ortho intramolecular Hbond substituents is 1. The first-order chi connectivity index (χ1) is 8.97. The van der Waals surface area contributed by atoms with Crippen molar-refractivity contribution in [1.29, 1.82) is 0 Å². The number of amides is 1. The number of hydrogen-bond acceptors (Lipinski definition) is 5. The Morgan fingerprint density at radius 3 is 2.84 bits per heavy atom. The molecule has 1 aromatic carbocycles. The van der Waals surface area contributed by atoms with E-state index >= 15 is 0 Å². The zero-order valence-corrected chi connectivity index (χ0v) is 11.6. The van der Waals surface area contributed by atoms with Crippen LogP contribution in [0.1, 0.15) is 20.2 Å². The highest BCUT2D eigenvalue weighted by Gasteiger charge is 2.14. The summed E-state index contributed by atoms with van der Waals surface area (Å²) in [5.74, 6) is -0.241. The number of thiazole rings is 1. The number of aromatic hydroxyl groups is 1. The fraction of sp³-hybridized carbons (Fsp3) is 0.231. The van der Waals surface area contributed by atoms with Crippen LogP contribution < -0.4 is 5.73 Å². The van der Waals surface area contributed by atoms with Crippen LogP contribution in [0.25, 0.3) is 0 Å². The zero-order chi connectivity index (χ0) is 14.0. The lowest BCUT2D eigenvalue weighted by molar-refractivity contribution is 0.0786. The number of aryl methyl sites for hydroxylation is 1. The van der Waals surface area contributed by atoms with E-state index in [1.807, 2.05) is 6.92 Å². The minimum absolute atomic E-state index is 0.0760. The molecule has 0 saturated heterocycles. The number of hydrogen-bond donors (Lipinski definition) is 2. The Hall–Kier alpha value is -2.08. The number of rotatable bonds is 3. The van der Waals surface area contributed by atoms with Crippen LogP contribution in [-0.2, 0) is 6.54 Å². The fourth-order valence-electron chi connectivity index (χ4n) is 1.68. The molecule has 0 spiro atoms. The summed E-state index contributed by atoms with van der Waals surface area (Å²) in [7, 11) is 1.71. The van der Waals surface area contributed by atoms with Crippen molar-refractivity contribution in [1.82, 2.24) is 9.88 Å². The molecule has 0 unspecified atom stereocenters. The number of benzene rings is 1. The first-order valence-corrected chi connectivity index (χ1v) is 6.54. The summed E-state index contributed by atoms with van der Waals surface area (Å²) in [6, 6.07) is 4.51. The maximum absolute atomic E-state index is 12.2. The van der Waals surface area contributed by atoms with Gasteiger partial charge in [-0.3, -0.25) is 4.79 Å². The number of nitrogen functional groups attached to an aromatic ring is 1. The number of carbonyl (C=O) groups excluding carboxylic acids is 1. The predicted molar refractivity (Wildman–Crippen MR) is 75.2 cm³/mol. The average molecular weight is 277 g/mol. The van der Waals surface area contributed by atoms with Crippen LogP contribution in [0.15, 0.2) is 24.4 Å². The molecule has 1 aromatic heterocycles. The standard InChI is InChI=1S/C13H15N3O2S/c1-8-15-6-10(19-8)7-16(2)13(18)9-3-4-11(14)12(17)5-9/h3-6,17H,7,14H2,1-2H3. The van der Waals surface area contributed by atoms with Crippen molar-refractivity contribution >= 4 is 22.9 Å². The SMILES string of the molecule is Cc1ncc(CN(C)C(=O)c2ccc(N)c(O)c2)s1. The van der Waals surface area contributed by atoms with Crippen LogP contribution in [-0.4, -0.2) is 27.9 Å². The highest BCUT2D eigenvalue weighted by molar-refractivity contribution is 7.11. The molecule has 2 rings (SSSR count). The van der Waals surface area contributed by atoms with E-state index in [4.69, 9.17) is 5.73 Å². The van der Waals surface area contributed by atoms with Crippen molar-refractivity contribution in [2.45, 2.75) is 13.5 Å². The molecule has 5 nitrogen and oxygen atoms in total. The molecular formula is C13H15N3O2S. The van der Waals surface area contributed by atoms with E-state index in [0.29, 0.717) is 12.1 Å². The summed E-state index contributed by atoms with van der Waals surface area (Å²) < 4.78 is 0.